The number of morpholine rings is 1. The van der Waals surface area contributed by atoms with E-state index < -0.39 is 0 Å². The van der Waals surface area contributed by atoms with Crippen molar-refractivity contribution >= 4 is 0 Å². The zero-order valence-electron chi connectivity index (χ0n) is 9.32. The fraction of sp³-hybridized carbons (Fsp3) is 1.00. The molecule has 1 atom stereocenters. The molecule has 1 unspecified atom stereocenters. The van der Waals surface area contributed by atoms with Gasteiger partial charge in [-0.25, -0.2) is 0 Å². The van der Waals surface area contributed by atoms with Crippen molar-refractivity contribution in [3.8, 4) is 0 Å². The van der Waals surface area contributed by atoms with Gasteiger partial charge in [0.25, 0.3) is 0 Å². The monoisotopic (exact) mass is 214 g/mol. The van der Waals surface area contributed by atoms with Crippen molar-refractivity contribution in [2.45, 2.75) is 18.9 Å². The summed E-state index contributed by atoms with van der Waals surface area (Å²) in [6.07, 6.45) is 2.55. The number of aliphatic hydroxyl groups excluding tert-OH is 1. The van der Waals surface area contributed by atoms with Crippen molar-refractivity contribution in [1.29, 1.82) is 0 Å². The Labute approximate surface area is 91.6 Å². The highest BCUT2D eigenvalue weighted by atomic mass is 16.5. The largest absolute Gasteiger partial charge is 0.395 e. The number of hydrogen-bond donors (Lipinski definition) is 2. The summed E-state index contributed by atoms with van der Waals surface area (Å²) < 4.78 is 5.38. The van der Waals surface area contributed by atoms with E-state index in [1.165, 1.54) is 12.8 Å². The molecule has 0 bridgehead atoms. The number of nitrogens with one attached hydrogen (secondary N) is 1. The van der Waals surface area contributed by atoms with Crippen molar-refractivity contribution in [3.63, 3.8) is 0 Å². The minimum atomic E-state index is 0.227. The van der Waals surface area contributed by atoms with Gasteiger partial charge >= 0.3 is 0 Å². The van der Waals surface area contributed by atoms with Crippen LogP contribution >= 0.6 is 0 Å². The summed E-state index contributed by atoms with van der Waals surface area (Å²) in [5.74, 6) is 0.804. The fourth-order valence-electron chi connectivity index (χ4n) is 2.49. The summed E-state index contributed by atoms with van der Waals surface area (Å²) in [4.78, 5) is 2.40. The average Bonchev–Trinajstić information content (AvgIpc) is 2.31. The molecule has 0 aromatic carbocycles. The first-order chi connectivity index (χ1) is 7.40. The third kappa shape index (κ3) is 3.14. The smallest absolute Gasteiger partial charge is 0.0644 e. The lowest BCUT2D eigenvalue weighted by molar-refractivity contribution is -0.0349. The van der Waals surface area contributed by atoms with Gasteiger partial charge in [-0.05, 0) is 31.8 Å². The Kier molecular flexibility index (Phi) is 4.38. The maximum Gasteiger partial charge on any atom is 0.0644 e. The standard InChI is InChI=1S/C11H22N2O2/c14-8-11-9-15-6-5-13(11)7-10-1-3-12-4-2-10/h10-12,14H,1-9H2. The molecular weight excluding hydrogens is 192 g/mol. The molecule has 88 valence electrons. The predicted molar refractivity (Wildman–Crippen MR) is 58.9 cm³/mol. The number of hydrogen-bond acceptors (Lipinski definition) is 4. The van der Waals surface area contributed by atoms with E-state index in [1.807, 2.05) is 0 Å². The van der Waals surface area contributed by atoms with Gasteiger partial charge in [0.05, 0.1) is 25.9 Å². The molecule has 2 aliphatic rings. The third-order valence-electron chi connectivity index (χ3n) is 3.51. The number of aliphatic hydroxyl groups is 1. The first-order valence-corrected chi connectivity index (χ1v) is 6.03. The van der Waals surface area contributed by atoms with E-state index in [0.29, 0.717) is 6.61 Å². The first kappa shape index (κ1) is 11.3. The SMILES string of the molecule is OCC1COCCN1CC1CCNCC1. The van der Waals surface area contributed by atoms with Gasteiger partial charge in [-0.3, -0.25) is 4.90 Å². The Morgan fingerprint density at radius 3 is 2.87 bits per heavy atom. The van der Waals surface area contributed by atoms with Gasteiger partial charge in [-0.1, -0.05) is 0 Å². The van der Waals surface area contributed by atoms with Crippen molar-refractivity contribution in [2.75, 3.05) is 46.0 Å². The van der Waals surface area contributed by atoms with E-state index in [1.54, 1.807) is 0 Å². The van der Waals surface area contributed by atoms with Crippen molar-refractivity contribution in [3.05, 3.63) is 0 Å². The van der Waals surface area contributed by atoms with Crippen LogP contribution in [0.1, 0.15) is 12.8 Å². The Morgan fingerprint density at radius 2 is 2.13 bits per heavy atom. The third-order valence-corrected chi connectivity index (χ3v) is 3.51. The van der Waals surface area contributed by atoms with Gasteiger partial charge < -0.3 is 15.2 Å². The number of nitrogens with zero attached hydrogens (tertiary/aromatic N) is 1. The Morgan fingerprint density at radius 1 is 1.33 bits per heavy atom. The second kappa shape index (κ2) is 5.80. The Balaban J connectivity index is 1.79. The number of ether oxygens (including phenoxy) is 1. The van der Waals surface area contributed by atoms with Crippen LogP contribution in [0.5, 0.6) is 0 Å². The quantitative estimate of drug-likeness (QED) is 0.676. The van der Waals surface area contributed by atoms with E-state index in [4.69, 9.17) is 4.74 Å². The van der Waals surface area contributed by atoms with E-state index in [0.717, 1.165) is 38.7 Å². The van der Waals surface area contributed by atoms with E-state index in [-0.39, 0.29) is 12.6 Å². The minimum absolute atomic E-state index is 0.227. The highest BCUT2D eigenvalue weighted by Gasteiger charge is 2.25. The van der Waals surface area contributed by atoms with Crippen LogP contribution in [0.15, 0.2) is 0 Å². The molecule has 0 spiro atoms. The van der Waals surface area contributed by atoms with Crippen molar-refractivity contribution in [1.82, 2.24) is 10.2 Å². The molecule has 0 radical (unpaired) electrons. The first-order valence-electron chi connectivity index (χ1n) is 6.03. The molecule has 2 heterocycles. The summed E-state index contributed by atoms with van der Waals surface area (Å²) in [7, 11) is 0. The molecule has 2 rings (SSSR count). The predicted octanol–water partition coefficient (Wildman–Crippen LogP) is -0.321. The van der Waals surface area contributed by atoms with Gasteiger partial charge in [-0.15, -0.1) is 0 Å². The molecule has 2 aliphatic heterocycles. The lowest BCUT2D eigenvalue weighted by atomic mass is 9.97. The molecule has 0 amide bonds. The molecule has 4 nitrogen and oxygen atoms in total. The van der Waals surface area contributed by atoms with E-state index >= 15 is 0 Å². The molecule has 15 heavy (non-hydrogen) atoms. The molecule has 2 N–H and O–H groups in total. The van der Waals surface area contributed by atoms with Crippen LogP contribution < -0.4 is 5.32 Å². The Bertz CT molecular complexity index is 183. The second-order valence-corrected chi connectivity index (χ2v) is 4.60. The van der Waals surface area contributed by atoms with E-state index in [2.05, 4.69) is 10.2 Å². The van der Waals surface area contributed by atoms with Gasteiger partial charge in [0.15, 0.2) is 0 Å². The summed E-state index contributed by atoms with van der Waals surface area (Å²) >= 11 is 0. The number of piperidine rings is 1. The summed E-state index contributed by atoms with van der Waals surface area (Å²) in [5, 5.41) is 12.6. The van der Waals surface area contributed by atoms with E-state index in [9.17, 15) is 5.11 Å². The minimum Gasteiger partial charge on any atom is -0.395 e. The highest BCUT2D eigenvalue weighted by molar-refractivity contribution is 4.79. The molecular formula is C11H22N2O2. The van der Waals surface area contributed by atoms with Crippen molar-refractivity contribution in [2.24, 2.45) is 5.92 Å². The second-order valence-electron chi connectivity index (χ2n) is 4.60. The maximum atomic E-state index is 9.26. The molecule has 0 aliphatic carbocycles. The normalized spacial score (nSPS) is 30.6. The van der Waals surface area contributed by atoms with Crippen LogP contribution in [0, 0.1) is 5.92 Å². The summed E-state index contributed by atoms with van der Waals surface area (Å²) in [6.45, 7) is 6.16. The van der Waals surface area contributed by atoms with Crippen LogP contribution in [-0.4, -0.2) is 62.0 Å². The lowest BCUT2D eigenvalue weighted by Gasteiger charge is -2.37. The maximum absolute atomic E-state index is 9.26. The molecule has 2 fully saturated rings. The van der Waals surface area contributed by atoms with Crippen LogP contribution in [-0.2, 0) is 4.74 Å². The summed E-state index contributed by atoms with van der Waals surface area (Å²) in [6, 6.07) is 0.230. The zero-order chi connectivity index (χ0) is 10.5. The van der Waals surface area contributed by atoms with Crippen molar-refractivity contribution < 1.29 is 9.84 Å². The van der Waals surface area contributed by atoms with Gasteiger partial charge in [-0.2, -0.15) is 0 Å². The van der Waals surface area contributed by atoms with Crippen LogP contribution in [0.25, 0.3) is 0 Å². The van der Waals surface area contributed by atoms with Gasteiger partial charge in [0.2, 0.25) is 0 Å². The Hall–Kier alpha value is -0.160. The van der Waals surface area contributed by atoms with Gasteiger partial charge in [0.1, 0.15) is 0 Å². The number of rotatable bonds is 3. The van der Waals surface area contributed by atoms with Gasteiger partial charge in [0, 0.05) is 13.1 Å². The van der Waals surface area contributed by atoms with Crippen LogP contribution in [0.2, 0.25) is 0 Å². The molecule has 0 aromatic heterocycles. The fourth-order valence-corrected chi connectivity index (χ4v) is 2.49. The lowest BCUT2D eigenvalue weighted by Crippen LogP contribution is -2.50. The van der Waals surface area contributed by atoms with Crippen LogP contribution in [0.4, 0.5) is 0 Å². The highest BCUT2D eigenvalue weighted by Crippen LogP contribution is 2.16. The average molecular weight is 214 g/mol. The van der Waals surface area contributed by atoms with Crippen LogP contribution in [0.3, 0.4) is 0 Å². The molecule has 2 saturated heterocycles. The molecule has 0 saturated carbocycles. The zero-order valence-corrected chi connectivity index (χ0v) is 9.32. The summed E-state index contributed by atoms with van der Waals surface area (Å²) in [5.41, 5.74) is 0. The topological polar surface area (TPSA) is 44.7 Å². The molecule has 4 heteroatoms. The molecule has 0 aromatic rings.